The number of hydrogen-bond acceptors (Lipinski definition) is 2. The Bertz CT molecular complexity index is 243. The molecule has 2 aliphatic carbocycles. The Morgan fingerprint density at radius 1 is 1.46 bits per heavy atom. The number of aliphatic carboxylic acids is 1. The molecule has 2 fully saturated rings. The fraction of sp³-hybridized carbons (Fsp3) is 0.875. The van der Waals surface area contributed by atoms with Gasteiger partial charge in [0.2, 0.25) is 0 Å². The second kappa shape index (κ2) is 2.41. The Kier molecular flexibility index (Phi) is 1.64. The monoisotopic (exact) mass is 191 g/mol. The van der Waals surface area contributed by atoms with Gasteiger partial charge in [0.1, 0.15) is 6.04 Å². The van der Waals surface area contributed by atoms with E-state index in [-0.39, 0.29) is 18.8 Å². The van der Waals surface area contributed by atoms with E-state index in [4.69, 9.17) is 10.8 Å². The van der Waals surface area contributed by atoms with Gasteiger partial charge in [-0.15, -0.1) is 0 Å². The fourth-order valence-corrected chi connectivity index (χ4v) is 2.35. The number of rotatable bonds is 2. The zero-order valence-corrected chi connectivity index (χ0v) is 6.91. The lowest BCUT2D eigenvalue weighted by Gasteiger charge is -2.17. The average Bonchev–Trinajstić information content (AvgIpc) is 2.53. The Hall–Kier alpha value is -0.710. The van der Waals surface area contributed by atoms with Crippen LogP contribution >= 0.6 is 0 Å². The topological polar surface area (TPSA) is 63.3 Å². The lowest BCUT2D eigenvalue weighted by Crippen LogP contribution is -2.38. The van der Waals surface area contributed by atoms with E-state index < -0.39 is 29.8 Å². The Morgan fingerprint density at radius 3 is 2.31 bits per heavy atom. The smallest absolute Gasteiger partial charge is 0.320 e. The molecule has 2 saturated carbocycles. The van der Waals surface area contributed by atoms with E-state index in [1.165, 1.54) is 0 Å². The standard InChI is InChI=1S/C8H11F2NO2/c9-8(10)4-1-3(2-5(4)8)6(11)7(12)13/h3-6H,1-2,11H2,(H,12,13)/t3?,4-,5+,6-/m0/s1. The molecule has 4 atom stereocenters. The van der Waals surface area contributed by atoms with Crippen LogP contribution in [0.2, 0.25) is 0 Å². The summed E-state index contributed by atoms with van der Waals surface area (Å²) in [5, 5.41) is 8.56. The maximum Gasteiger partial charge on any atom is 0.320 e. The molecule has 2 rings (SSSR count). The molecule has 0 aromatic rings. The zero-order chi connectivity index (χ0) is 9.80. The maximum absolute atomic E-state index is 12.7. The van der Waals surface area contributed by atoms with Gasteiger partial charge in [0.15, 0.2) is 0 Å². The van der Waals surface area contributed by atoms with E-state index in [1.54, 1.807) is 0 Å². The van der Waals surface area contributed by atoms with Crippen LogP contribution in [-0.4, -0.2) is 23.0 Å². The molecule has 3 N–H and O–H groups in total. The molecule has 3 nitrogen and oxygen atoms in total. The van der Waals surface area contributed by atoms with Gasteiger partial charge >= 0.3 is 5.97 Å². The van der Waals surface area contributed by atoms with Crippen molar-refractivity contribution in [1.29, 1.82) is 0 Å². The quantitative estimate of drug-likeness (QED) is 0.675. The summed E-state index contributed by atoms with van der Waals surface area (Å²) in [4.78, 5) is 10.5. The van der Waals surface area contributed by atoms with Gasteiger partial charge < -0.3 is 10.8 Å². The molecule has 2 aliphatic rings. The zero-order valence-electron chi connectivity index (χ0n) is 6.91. The SMILES string of the molecule is N[C@H](C(=O)O)C1C[C@@H]2[C@H](C1)C2(F)F. The van der Waals surface area contributed by atoms with Gasteiger partial charge in [-0.05, 0) is 18.8 Å². The van der Waals surface area contributed by atoms with Crippen molar-refractivity contribution in [2.75, 3.05) is 0 Å². The molecule has 13 heavy (non-hydrogen) atoms. The van der Waals surface area contributed by atoms with E-state index in [0.29, 0.717) is 0 Å². The van der Waals surface area contributed by atoms with E-state index in [2.05, 4.69) is 0 Å². The molecule has 0 radical (unpaired) electrons. The van der Waals surface area contributed by atoms with Crippen molar-refractivity contribution in [2.24, 2.45) is 23.5 Å². The van der Waals surface area contributed by atoms with Crippen LogP contribution in [0.15, 0.2) is 0 Å². The minimum Gasteiger partial charge on any atom is -0.480 e. The molecule has 0 bridgehead atoms. The molecule has 0 aromatic heterocycles. The number of hydrogen-bond donors (Lipinski definition) is 2. The predicted octanol–water partition coefficient (Wildman–Crippen LogP) is 0.690. The first kappa shape index (κ1) is 8.87. The third-order valence-corrected chi connectivity index (χ3v) is 3.27. The molecular formula is C8H11F2NO2. The van der Waals surface area contributed by atoms with Gasteiger partial charge in [-0.2, -0.15) is 0 Å². The number of fused-ring (bicyclic) bond motifs is 1. The molecular weight excluding hydrogens is 180 g/mol. The number of nitrogens with two attached hydrogens (primary N) is 1. The van der Waals surface area contributed by atoms with Crippen molar-refractivity contribution in [1.82, 2.24) is 0 Å². The van der Waals surface area contributed by atoms with Crippen LogP contribution in [0, 0.1) is 17.8 Å². The summed E-state index contributed by atoms with van der Waals surface area (Å²) < 4.78 is 25.4. The van der Waals surface area contributed by atoms with Crippen molar-refractivity contribution in [3.05, 3.63) is 0 Å². The Labute approximate surface area is 73.9 Å². The van der Waals surface area contributed by atoms with E-state index in [9.17, 15) is 13.6 Å². The van der Waals surface area contributed by atoms with Crippen molar-refractivity contribution in [2.45, 2.75) is 24.8 Å². The van der Waals surface area contributed by atoms with Gasteiger partial charge in [-0.1, -0.05) is 0 Å². The highest BCUT2D eigenvalue weighted by molar-refractivity contribution is 5.73. The number of halogens is 2. The van der Waals surface area contributed by atoms with Crippen LogP contribution in [0.1, 0.15) is 12.8 Å². The average molecular weight is 191 g/mol. The summed E-state index contributed by atoms with van der Waals surface area (Å²) in [5.41, 5.74) is 5.35. The summed E-state index contributed by atoms with van der Waals surface area (Å²) in [7, 11) is 0. The number of alkyl halides is 2. The molecule has 0 saturated heterocycles. The summed E-state index contributed by atoms with van der Waals surface area (Å²) in [6, 6.07) is -0.969. The maximum atomic E-state index is 12.7. The van der Waals surface area contributed by atoms with Gasteiger partial charge in [0.25, 0.3) is 5.92 Å². The summed E-state index contributed by atoms with van der Waals surface area (Å²) >= 11 is 0. The molecule has 0 aliphatic heterocycles. The largest absolute Gasteiger partial charge is 0.480 e. The van der Waals surface area contributed by atoms with Gasteiger partial charge in [-0.3, -0.25) is 4.79 Å². The summed E-state index contributed by atoms with van der Waals surface area (Å²) in [6.45, 7) is 0. The summed E-state index contributed by atoms with van der Waals surface area (Å²) in [6.07, 6.45) is 0.538. The minimum atomic E-state index is -2.53. The second-order valence-corrected chi connectivity index (χ2v) is 3.98. The van der Waals surface area contributed by atoms with Gasteiger partial charge in [-0.25, -0.2) is 8.78 Å². The Balaban J connectivity index is 1.94. The molecule has 0 aromatic carbocycles. The molecule has 5 heteroatoms. The van der Waals surface area contributed by atoms with Crippen molar-refractivity contribution >= 4 is 5.97 Å². The van der Waals surface area contributed by atoms with Crippen LogP contribution in [0.4, 0.5) is 8.78 Å². The number of carboxylic acids is 1. The molecule has 0 spiro atoms. The van der Waals surface area contributed by atoms with Crippen LogP contribution in [0.5, 0.6) is 0 Å². The highest BCUT2D eigenvalue weighted by atomic mass is 19.3. The third kappa shape index (κ3) is 1.14. The lowest BCUT2D eigenvalue weighted by molar-refractivity contribution is -0.140. The predicted molar refractivity (Wildman–Crippen MR) is 40.3 cm³/mol. The highest BCUT2D eigenvalue weighted by Gasteiger charge is 2.72. The minimum absolute atomic E-state index is 0.257. The van der Waals surface area contributed by atoms with Crippen LogP contribution in [-0.2, 0) is 4.79 Å². The molecule has 0 heterocycles. The lowest BCUT2D eigenvalue weighted by atomic mass is 9.95. The van der Waals surface area contributed by atoms with Gasteiger partial charge in [0, 0.05) is 11.8 Å². The van der Waals surface area contributed by atoms with Crippen LogP contribution in [0.3, 0.4) is 0 Å². The second-order valence-electron chi connectivity index (χ2n) is 3.98. The van der Waals surface area contributed by atoms with Crippen molar-refractivity contribution < 1.29 is 18.7 Å². The molecule has 74 valence electrons. The molecule has 0 amide bonds. The van der Waals surface area contributed by atoms with Crippen molar-refractivity contribution in [3.8, 4) is 0 Å². The first-order chi connectivity index (χ1) is 5.94. The normalized spacial score (nSPS) is 42.5. The Morgan fingerprint density at radius 2 is 1.92 bits per heavy atom. The van der Waals surface area contributed by atoms with Gasteiger partial charge in [0.05, 0.1) is 0 Å². The first-order valence-electron chi connectivity index (χ1n) is 4.30. The third-order valence-electron chi connectivity index (χ3n) is 3.27. The van der Waals surface area contributed by atoms with E-state index in [1.807, 2.05) is 0 Å². The van der Waals surface area contributed by atoms with E-state index >= 15 is 0 Å². The first-order valence-corrected chi connectivity index (χ1v) is 4.30. The summed E-state index contributed by atoms with van der Waals surface area (Å²) in [5.74, 6) is -5.07. The fourth-order valence-electron chi connectivity index (χ4n) is 2.35. The van der Waals surface area contributed by atoms with Crippen LogP contribution in [0.25, 0.3) is 0 Å². The molecule has 1 unspecified atom stereocenters. The van der Waals surface area contributed by atoms with Crippen molar-refractivity contribution in [3.63, 3.8) is 0 Å². The number of carboxylic acid groups (broad SMARTS) is 1. The number of carbonyl (C=O) groups is 1. The highest BCUT2D eigenvalue weighted by Crippen LogP contribution is 2.65. The van der Waals surface area contributed by atoms with Crippen LogP contribution < -0.4 is 5.73 Å². The van der Waals surface area contributed by atoms with E-state index in [0.717, 1.165) is 0 Å².